The zero-order valence-corrected chi connectivity index (χ0v) is 12.8. The number of nitrogens with zero attached hydrogens (tertiary/aromatic N) is 2. The van der Waals surface area contributed by atoms with Gasteiger partial charge in [0.05, 0.1) is 11.9 Å². The van der Waals surface area contributed by atoms with Crippen molar-refractivity contribution in [2.45, 2.75) is 31.8 Å². The number of hydrogen-bond donors (Lipinski definition) is 1. The van der Waals surface area contributed by atoms with Gasteiger partial charge in [0.1, 0.15) is 5.03 Å². The molecule has 0 saturated carbocycles. The third-order valence-corrected chi connectivity index (χ3v) is 4.25. The summed E-state index contributed by atoms with van der Waals surface area (Å²) in [5.41, 5.74) is 0. The number of benzene rings is 1. The van der Waals surface area contributed by atoms with Gasteiger partial charge in [-0.1, -0.05) is 49.9 Å². The lowest BCUT2D eigenvalue weighted by molar-refractivity contribution is -0.119. The molecule has 4 nitrogen and oxygen atoms in total. The minimum atomic E-state index is 0.0333. The van der Waals surface area contributed by atoms with Crippen LogP contribution in [-0.4, -0.2) is 27.9 Å². The molecule has 1 atom stereocenters. The van der Waals surface area contributed by atoms with E-state index in [1.807, 2.05) is 31.2 Å². The Morgan fingerprint density at radius 1 is 1.30 bits per heavy atom. The van der Waals surface area contributed by atoms with E-state index < -0.39 is 0 Å². The zero-order chi connectivity index (χ0) is 14.5. The van der Waals surface area contributed by atoms with Crippen molar-refractivity contribution in [1.29, 1.82) is 0 Å². The zero-order valence-electron chi connectivity index (χ0n) is 12.0. The fourth-order valence-electron chi connectivity index (χ4n) is 1.70. The smallest absolute Gasteiger partial charge is 0.230 e. The van der Waals surface area contributed by atoms with Gasteiger partial charge in [0.15, 0.2) is 0 Å². The number of nitrogens with one attached hydrogen (secondary N) is 1. The number of carbonyl (C=O) groups excluding carboxylic acids is 1. The van der Waals surface area contributed by atoms with Crippen LogP contribution in [0.4, 0.5) is 0 Å². The maximum absolute atomic E-state index is 11.9. The van der Waals surface area contributed by atoms with Crippen LogP contribution in [0.5, 0.6) is 0 Å². The summed E-state index contributed by atoms with van der Waals surface area (Å²) in [4.78, 5) is 11.9. The average Bonchev–Trinajstić information content (AvgIpc) is 2.44. The van der Waals surface area contributed by atoms with E-state index in [1.54, 1.807) is 6.20 Å². The first-order chi connectivity index (χ1) is 9.58. The van der Waals surface area contributed by atoms with Gasteiger partial charge in [0.2, 0.25) is 5.91 Å². The van der Waals surface area contributed by atoms with E-state index in [-0.39, 0.29) is 11.9 Å². The molecule has 106 valence electrons. The highest BCUT2D eigenvalue weighted by Crippen LogP contribution is 2.24. The molecule has 1 amide bonds. The minimum absolute atomic E-state index is 0.0333. The van der Waals surface area contributed by atoms with E-state index in [4.69, 9.17) is 0 Å². The number of carbonyl (C=O) groups is 1. The lowest BCUT2D eigenvalue weighted by Gasteiger charge is -2.17. The monoisotopic (exact) mass is 289 g/mol. The fraction of sp³-hybridized carbons (Fsp3) is 0.400. The number of aromatic nitrogens is 2. The molecule has 2 aromatic rings. The van der Waals surface area contributed by atoms with Crippen molar-refractivity contribution in [3.8, 4) is 0 Å². The van der Waals surface area contributed by atoms with Gasteiger partial charge in [-0.3, -0.25) is 4.79 Å². The third kappa shape index (κ3) is 3.70. The highest BCUT2D eigenvalue weighted by atomic mass is 32.2. The molecule has 0 fully saturated rings. The van der Waals surface area contributed by atoms with Gasteiger partial charge in [-0.05, 0) is 12.8 Å². The van der Waals surface area contributed by atoms with Gasteiger partial charge >= 0.3 is 0 Å². The van der Waals surface area contributed by atoms with E-state index in [1.165, 1.54) is 11.8 Å². The van der Waals surface area contributed by atoms with Crippen LogP contribution in [-0.2, 0) is 4.79 Å². The van der Waals surface area contributed by atoms with Gasteiger partial charge < -0.3 is 5.32 Å². The molecule has 1 N–H and O–H groups in total. The Balaban J connectivity index is 2.01. The maximum Gasteiger partial charge on any atom is 0.230 e. The summed E-state index contributed by atoms with van der Waals surface area (Å²) in [6.07, 6.45) is 1.74. The Hall–Kier alpha value is -1.62. The highest BCUT2D eigenvalue weighted by Gasteiger charge is 2.12. The molecular weight excluding hydrogens is 270 g/mol. The number of fused-ring (bicyclic) bond motifs is 1. The van der Waals surface area contributed by atoms with Crippen LogP contribution in [0, 0.1) is 5.92 Å². The Kier molecular flexibility index (Phi) is 4.95. The summed E-state index contributed by atoms with van der Waals surface area (Å²) in [7, 11) is 0. The molecule has 1 heterocycles. The second-order valence-corrected chi connectivity index (χ2v) is 6.09. The summed E-state index contributed by atoms with van der Waals surface area (Å²) in [5.74, 6) is 0.826. The summed E-state index contributed by atoms with van der Waals surface area (Å²) in [5, 5.41) is 14.0. The van der Waals surface area contributed by atoms with Crippen molar-refractivity contribution in [3.63, 3.8) is 0 Å². The Morgan fingerprint density at radius 3 is 2.80 bits per heavy atom. The van der Waals surface area contributed by atoms with Gasteiger partial charge in [-0.15, -0.1) is 5.10 Å². The van der Waals surface area contributed by atoms with Gasteiger partial charge in [-0.2, -0.15) is 5.10 Å². The van der Waals surface area contributed by atoms with Crippen LogP contribution < -0.4 is 5.32 Å². The molecule has 0 radical (unpaired) electrons. The summed E-state index contributed by atoms with van der Waals surface area (Å²) in [6, 6.07) is 8.11. The quantitative estimate of drug-likeness (QED) is 0.860. The molecule has 0 bridgehead atoms. The largest absolute Gasteiger partial charge is 0.353 e. The number of amides is 1. The molecule has 0 aliphatic rings. The molecule has 0 aliphatic carbocycles. The average molecular weight is 289 g/mol. The van der Waals surface area contributed by atoms with Crippen LogP contribution in [0.2, 0.25) is 0 Å². The molecular formula is C15H19N3OS. The van der Waals surface area contributed by atoms with Gasteiger partial charge in [0.25, 0.3) is 0 Å². The standard InChI is InChI=1S/C15H19N3OS/c1-10(2)11(3)17-14(19)9-20-15-13-7-5-4-6-12(13)8-16-18-15/h4-8,10-11H,9H2,1-3H3,(H,17,19). The SMILES string of the molecule is CC(C)C(C)NC(=O)CSc1nncc2ccccc12. The van der Waals surface area contributed by atoms with Crippen molar-refractivity contribution in [2.75, 3.05) is 5.75 Å². The van der Waals surface area contributed by atoms with Crippen molar-refractivity contribution in [1.82, 2.24) is 15.5 Å². The first-order valence-electron chi connectivity index (χ1n) is 6.70. The number of hydrogen-bond acceptors (Lipinski definition) is 4. The summed E-state index contributed by atoms with van der Waals surface area (Å²) < 4.78 is 0. The number of rotatable bonds is 5. The summed E-state index contributed by atoms with van der Waals surface area (Å²) >= 11 is 1.43. The maximum atomic E-state index is 11.9. The molecule has 0 aliphatic heterocycles. The van der Waals surface area contributed by atoms with Crippen LogP contribution in [0.1, 0.15) is 20.8 Å². The predicted molar refractivity (Wildman–Crippen MR) is 82.7 cm³/mol. The molecule has 2 rings (SSSR count). The second-order valence-electron chi connectivity index (χ2n) is 5.13. The molecule has 1 aromatic heterocycles. The lowest BCUT2D eigenvalue weighted by atomic mass is 10.1. The Bertz CT molecular complexity index is 595. The van der Waals surface area contributed by atoms with E-state index in [9.17, 15) is 4.79 Å². The van der Waals surface area contributed by atoms with Gasteiger partial charge in [-0.25, -0.2) is 0 Å². The first-order valence-corrected chi connectivity index (χ1v) is 7.69. The van der Waals surface area contributed by atoms with Crippen molar-refractivity contribution >= 4 is 28.4 Å². The van der Waals surface area contributed by atoms with E-state index >= 15 is 0 Å². The minimum Gasteiger partial charge on any atom is -0.353 e. The van der Waals surface area contributed by atoms with Crippen LogP contribution in [0.25, 0.3) is 10.8 Å². The Labute approximate surface area is 123 Å². The summed E-state index contributed by atoms with van der Waals surface area (Å²) in [6.45, 7) is 6.20. The second kappa shape index (κ2) is 6.70. The van der Waals surface area contributed by atoms with E-state index in [0.29, 0.717) is 11.7 Å². The van der Waals surface area contributed by atoms with Crippen molar-refractivity contribution in [3.05, 3.63) is 30.5 Å². The fourth-order valence-corrected chi connectivity index (χ4v) is 2.50. The van der Waals surface area contributed by atoms with Crippen LogP contribution in [0.15, 0.2) is 35.5 Å². The third-order valence-electron chi connectivity index (χ3n) is 3.27. The molecule has 0 spiro atoms. The topological polar surface area (TPSA) is 54.9 Å². The molecule has 0 saturated heterocycles. The van der Waals surface area contributed by atoms with Gasteiger partial charge in [0, 0.05) is 16.8 Å². The highest BCUT2D eigenvalue weighted by molar-refractivity contribution is 8.00. The number of thioether (sulfide) groups is 1. The predicted octanol–water partition coefficient (Wildman–Crippen LogP) is 2.88. The molecule has 20 heavy (non-hydrogen) atoms. The molecule has 1 unspecified atom stereocenters. The van der Waals surface area contributed by atoms with E-state index in [0.717, 1.165) is 15.8 Å². The molecule has 1 aromatic carbocycles. The molecule has 5 heteroatoms. The van der Waals surface area contributed by atoms with Crippen LogP contribution >= 0.6 is 11.8 Å². The van der Waals surface area contributed by atoms with E-state index in [2.05, 4.69) is 29.4 Å². The lowest BCUT2D eigenvalue weighted by Crippen LogP contribution is -2.37. The first kappa shape index (κ1) is 14.8. The van der Waals surface area contributed by atoms with Crippen LogP contribution in [0.3, 0.4) is 0 Å². The Morgan fingerprint density at radius 2 is 2.05 bits per heavy atom. The van der Waals surface area contributed by atoms with Crippen molar-refractivity contribution < 1.29 is 4.79 Å². The van der Waals surface area contributed by atoms with Crippen molar-refractivity contribution in [2.24, 2.45) is 5.92 Å². The normalized spacial score (nSPS) is 12.6.